The predicted octanol–water partition coefficient (Wildman–Crippen LogP) is 1.47. The topological polar surface area (TPSA) is 17.8 Å². The van der Waals surface area contributed by atoms with Crippen LogP contribution in [0.15, 0.2) is 36.7 Å². The van der Waals surface area contributed by atoms with Gasteiger partial charge in [0.05, 0.1) is 10.7 Å². The molecule has 0 fully saturated rings. The van der Waals surface area contributed by atoms with Crippen molar-refractivity contribution in [2.75, 3.05) is 0 Å². The summed E-state index contributed by atoms with van der Waals surface area (Å²) in [6.45, 7) is 4.04. The lowest BCUT2D eigenvalue weighted by Gasteiger charge is -2.01. The molecule has 0 amide bonds. The maximum Gasteiger partial charge on any atom is 0.100 e. The molecule has 2 heteroatoms. The Labute approximate surface area is 89.2 Å². The minimum atomic E-state index is 1.03. The van der Waals surface area contributed by atoms with E-state index in [4.69, 9.17) is 0 Å². The lowest BCUT2D eigenvalue weighted by molar-refractivity contribution is 1.02. The summed E-state index contributed by atoms with van der Waals surface area (Å²) in [6, 6.07) is 10.2. The summed E-state index contributed by atoms with van der Waals surface area (Å²) in [7, 11) is 0. The molecule has 0 N–H and O–H groups in total. The molecule has 76 valence electrons. The Hall–Kier alpha value is -1.83. The zero-order valence-corrected chi connectivity index (χ0v) is 9.01. The van der Waals surface area contributed by atoms with Gasteiger partial charge < -0.3 is 0 Å². The molecule has 0 aliphatic rings. The second-order valence-corrected chi connectivity index (χ2v) is 3.30. The first-order chi connectivity index (χ1) is 7.36. The van der Waals surface area contributed by atoms with E-state index in [1.165, 1.54) is 0 Å². The molecular formula is C13H14N2. The number of benzene rings is 1. The van der Waals surface area contributed by atoms with Crippen LogP contribution in [-0.2, 0) is 0 Å². The second kappa shape index (κ2) is 4.13. The zero-order valence-electron chi connectivity index (χ0n) is 9.01. The first-order valence-corrected chi connectivity index (χ1v) is 5.08. The third-order valence-corrected chi connectivity index (χ3v) is 2.42. The van der Waals surface area contributed by atoms with Crippen molar-refractivity contribution >= 4 is 12.2 Å². The van der Waals surface area contributed by atoms with Gasteiger partial charge in [0.1, 0.15) is 6.33 Å². The van der Waals surface area contributed by atoms with E-state index >= 15 is 0 Å². The van der Waals surface area contributed by atoms with Crippen LogP contribution in [0.2, 0.25) is 0 Å². The van der Waals surface area contributed by atoms with Crippen LogP contribution < -0.4 is 10.7 Å². The first-order valence-electron chi connectivity index (χ1n) is 5.08. The molecule has 1 heterocycles. The summed E-state index contributed by atoms with van der Waals surface area (Å²) in [5.74, 6) is 0. The number of rotatable bonds is 1. The third kappa shape index (κ3) is 1.71. The number of para-hydroxylation sites is 1. The highest BCUT2D eigenvalue weighted by Crippen LogP contribution is 2.01. The molecule has 0 saturated carbocycles. The molecule has 0 unspecified atom stereocenters. The van der Waals surface area contributed by atoms with E-state index in [2.05, 4.69) is 27.8 Å². The van der Waals surface area contributed by atoms with Gasteiger partial charge in [0, 0.05) is 5.69 Å². The largest absolute Gasteiger partial charge is 0.299 e. The minimum absolute atomic E-state index is 1.03. The molecule has 0 saturated heterocycles. The van der Waals surface area contributed by atoms with Crippen molar-refractivity contribution in [1.29, 1.82) is 0 Å². The van der Waals surface area contributed by atoms with Crippen molar-refractivity contribution in [3.63, 3.8) is 0 Å². The van der Waals surface area contributed by atoms with Crippen LogP contribution in [0.25, 0.3) is 17.8 Å². The number of aromatic nitrogens is 2. The van der Waals surface area contributed by atoms with Crippen molar-refractivity contribution in [3.8, 4) is 5.69 Å². The number of imidazole rings is 1. The van der Waals surface area contributed by atoms with E-state index in [9.17, 15) is 0 Å². The molecule has 0 aliphatic carbocycles. The van der Waals surface area contributed by atoms with Gasteiger partial charge in [-0.05, 0) is 26.0 Å². The average Bonchev–Trinajstić information content (AvgIpc) is 2.72. The van der Waals surface area contributed by atoms with E-state index in [1.807, 2.05) is 44.4 Å². The van der Waals surface area contributed by atoms with E-state index in [0.29, 0.717) is 0 Å². The lowest BCUT2D eigenvalue weighted by atomic mass is 10.3. The smallest absolute Gasteiger partial charge is 0.100 e. The monoisotopic (exact) mass is 198 g/mol. The summed E-state index contributed by atoms with van der Waals surface area (Å²) in [5.41, 5.74) is 1.14. The molecule has 0 radical (unpaired) electrons. The van der Waals surface area contributed by atoms with Crippen LogP contribution in [0.3, 0.4) is 0 Å². The van der Waals surface area contributed by atoms with Crippen molar-refractivity contribution in [2.45, 2.75) is 13.8 Å². The van der Waals surface area contributed by atoms with Gasteiger partial charge in [-0.15, -0.1) is 0 Å². The van der Waals surface area contributed by atoms with Crippen molar-refractivity contribution in [2.24, 2.45) is 0 Å². The van der Waals surface area contributed by atoms with Gasteiger partial charge in [-0.3, -0.25) is 4.57 Å². The average molecular weight is 198 g/mol. The van der Waals surface area contributed by atoms with Gasteiger partial charge in [0.15, 0.2) is 0 Å². The molecule has 2 rings (SSSR count). The van der Waals surface area contributed by atoms with Crippen molar-refractivity contribution < 1.29 is 0 Å². The summed E-state index contributed by atoms with van der Waals surface area (Å²) >= 11 is 0. The number of nitrogens with zero attached hydrogens (tertiary/aromatic N) is 2. The fraction of sp³-hybridized carbons (Fsp3) is 0.154. The predicted molar refractivity (Wildman–Crippen MR) is 63.1 cm³/mol. The fourth-order valence-corrected chi connectivity index (χ4v) is 1.68. The summed E-state index contributed by atoms with van der Waals surface area (Å²) in [4.78, 5) is 4.36. The van der Waals surface area contributed by atoms with Gasteiger partial charge in [-0.25, -0.2) is 4.98 Å². The van der Waals surface area contributed by atoms with Crippen LogP contribution in [0.5, 0.6) is 0 Å². The highest BCUT2D eigenvalue weighted by molar-refractivity contribution is 5.34. The standard InChI is InChI=1S/C13H14N2/c1-3-12-13(4-2)15(10-14-12)11-8-6-5-7-9-11/h3-10H,1-2H3. The van der Waals surface area contributed by atoms with Gasteiger partial charge in [-0.1, -0.05) is 30.4 Å². The van der Waals surface area contributed by atoms with Crippen LogP contribution >= 0.6 is 0 Å². The minimum Gasteiger partial charge on any atom is -0.299 e. The van der Waals surface area contributed by atoms with Gasteiger partial charge in [-0.2, -0.15) is 0 Å². The summed E-state index contributed by atoms with van der Waals surface area (Å²) < 4.78 is 2.09. The number of hydrogen-bond donors (Lipinski definition) is 0. The van der Waals surface area contributed by atoms with E-state index in [1.54, 1.807) is 0 Å². The SMILES string of the molecule is CC=c1ncn(-c2ccccc2)c1=CC. The Morgan fingerprint density at radius 3 is 2.40 bits per heavy atom. The van der Waals surface area contributed by atoms with E-state index in [0.717, 1.165) is 16.4 Å². The van der Waals surface area contributed by atoms with Gasteiger partial charge in [0.2, 0.25) is 0 Å². The fourth-order valence-electron chi connectivity index (χ4n) is 1.68. The maximum absolute atomic E-state index is 4.36. The molecule has 2 nitrogen and oxygen atoms in total. The normalized spacial score (nSPS) is 13.5. The second-order valence-electron chi connectivity index (χ2n) is 3.30. The summed E-state index contributed by atoms with van der Waals surface area (Å²) in [5, 5.41) is 2.17. The van der Waals surface area contributed by atoms with Gasteiger partial charge in [0.25, 0.3) is 0 Å². The highest BCUT2D eigenvalue weighted by Gasteiger charge is 1.97. The van der Waals surface area contributed by atoms with E-state index < -0.39 is 0 Å². The van der Waals surface area contributed by atoms with Crippen LogP contribution in [-0.4, -0.2) is 9.55 Å². The molecule has 15 heavy (non-hydrogen) atoms. The molecule has 0 spiro atoms. The Balaban J connectivity index is 2.71. The third-order valence-electron chi connectivity index (χ3n) is 2.42. The number of hydrogen-bond acceptors (Lipinski definition) is 1. The first kappa shape index (κ1) is 9.71. The zero-order chi connectivity index (χ0) is 10.7. The quantitative estimate of drug-likeness (QED) is 0.678. The molecule has 0 bridgehead atoms. The molecule has 0 atom stereocenters. The molecule has 0 aliphatic heterocycles. The molecule has 1 aromatic carbocycles. The summed E-state index contributed by atoms with van der Waals surface area (Å²) in [6.07, 6.45) is 5.96. The maximum atomic E-state index is 4.36. The molecule has 1 aromatic heterocycles. The van der Waals surface area contributed by atoms with Crippen LogP contribution in [0, 0.1) is 0 Å². The molecule has 2 aromatic rings. The van der Waals surface area contributed by atoms with Crippen LogP contribution in [0.4, 0.5) is 0 Å². The molecular weight excluding hydrogens is 184 g/mol. The van der Waals surface area contributed by atoms with Crippen molar-refractivity contribution in [1.82, 2.24) is 9.55 Å². The van der Waals surface area contributed by atoms with Crippen molar-refractivity contribution in [3.05, 3.63) is 47.4 Å². The van der Waals surface area contributed by atoms with E-state index in [-0.39, 0.29) is 0 Å². The van der Waals surface area contributed by atoms with Crippen LogP contribution in [0.1, 0.15) is 13.8 Å². The lowest BCUT2D eigenvalue weighted by Crippen LogP contribution is -2.28. The Bertz CT molecular complexity index is 550. The van der Waals surface area contributed by atoms with Gasteiger partial charge >= 0.3 is 0 Å². The highest BCUT2D eigenvalue weighted by atomic mass is 15.0. The Kier molecular flexibility index (Phi) is 2.68. The Morgan fingerprint density at radius 2 is 1.80 bits per heavy atom. The Morgan fingerprint density at radius 1 is 1.07 bits per heavy atom.